The summed E-state index contributed by atoms with van der Waals surface area (Å²) in [7, 11) is -2.75. The Morgan fingerprint density at radius 2 is 1.44 bits per heavy atom. The van der Waals surface area contributed by atoms with Gasteiger partial charge in [0.15, 0.2) is 5.78 Å². The molecule has 1 N–H and O–H groups in total. The van der Waals surface area contributed by atoms with E-state index in [1.54, 1.807) is 30.3 Å². The molecular weight excluding hydrogens is 426 g/mol. The second-order valence-electron chi connectivity index (χ2n) is 8.36. The van der Waals surface area contributed by atoms with Gasteiger partial charge in [-0.1, -0.05) is 63.2 Å². The lowest BCUT2D eigenvalue weighted by molar-refractivity contribution is 0.0600. The summed E-state index contributed by atoms with van der Waals surface area (Å²) in [5, 5.41) is 0. The summed E-state index contributed by atoms with van der Waals surface area (Å²) in [4.78, 5) is 24.5. The number of sulfonamides is 1. The SMILES string of the molecule is COC(=O)c1cccc(S(=O)(=O)Nc2cccc(C(=O)c3ccc(C(C)(C)C)cc3)c2)c1. The van der Waals surface area contributed by atoms with Gasteiger partial charge in [0.25, 0.3) is 10.0 Å². The number of rotatable bonds is 6. The monoisotopic (exact) mass is 451 g/mol. The Bertz CT molecular complexity index is 1260. The van der Waals surface area contributed by atoms with E-state index < -0.39 is 16.0 Å². The number of ether oxygens (including phenoxy) is 1. The Morgan fingerprint density at radius 3 is 2.06 bits per heavy atom. The van der Waals surface area contributed by atoms with Crippen molar-refractivity contribution in [3.8, 4) is 0 Å². The van der Waals surface area contributed by atoms with E-state index >= 15 is 0 Å². The first-order valence-corrected chi connectivity index (χ1v) is 11.5. The van der Waals surface area contributed by atoms with Crippen LogP contribution in [0.3, 0.4) is 0 Å². The van der Waals surface area contributed by atoms with E-state index in [1.807, 2.05) is 12.1 Å². The number of anilines is 1. The first-order chi connectivity index (χ1) is 15.0. The fourth-order valence-corrected chi connectivity index (χ4v) is 4.23. The van der Waals surface area contributed by atoms with E-state index in [4.69, 9.17) is 0 Å². The summed E-state index contributed by atoms with van der Waals surface area (Å²) in [6.45, 7) is 6.29. The van der Waals surface area contributed by atoms with Crippen molar-refractivity contribution in [1.29, 1.82) is 0 Å². The molecule has 0 amide bonds. The molecular formula is C25H25NO5S. The largest absolute Gasteiger partial charge is 0.465 e. The molecule has 0 aliphatic rings. The van der Waals surface area contributed by atoms with Gasteiger partial charge in [0.2, 0.25) is 0 Å². The molecule has 0 bridgehead atoms. The highest BCUT2D eigenvalue weighted by Gasteiger charge is 2.19. The lowest BCUT2D eigenvalue weighted by atomic mass is 9.86. The second-order valence-corrected chi connectivity index (χ2v) is 10.0. The molecule has 32 heavy (non-hydrogen) atoms. The van der Waals surface area contributed by atoms with Gasteiger partial charge < -0.3 is 4.74 Å². The minimum atomic E-state index is -3.98. The van der Waals surface area contributed by atoms with E-state index in [9.17, 15) is 18.0 Å². The maximum Gasteiger partial charge on any atom is 0.337 e. The zero-order valence-electron chi connectivity index (χ0n) is 18.4. The van der Waals surface area contributed by atoms with Crippen molar-refractivity contribution < 1.29 is 22.7 Å². The minimum absolute atomic E-state index is 0.0229. The highest BCUT2D eigenvalue weighted by molar-refractivity contribution is 7.92. The molecule has 3 rings (SSSR count). The number of hydrogen-bond donors (Lipinski definition) is 1. The topological polar surface area (TPSA) is 89.5 Å². The quantitative estimate of drug-likeness (QED) is 0.429. The van der Waals surface area contributed by atoms with E-state index in [0.717, 1.165) is 5.56 Å². The third-order valence-corrected chi connectivity index (χ3v) is 6.33. The van der Waals surface area contributed by atoms with Crippen LogP contribution < -0.4 is 4.72 Å². The van der Waals surface area contributed by atoms with Crippen LogP contribution in [0.2, 0.25) is 0 Å². The second kappa shape index (κ2) is 8.96. The molecule has 0 fully saturated rings. The Hall–Kier alpha value is -3.45. The zero-order valence-corrected chi connectivity index (χ0v) is 19.2. The van der Waals surface area contributed by atoms with Gasteiger partial charge in [0.1, 0.15) is 0 Å². The van der Waals surface area contributed by atoms with Crippen LogP contribution in [0.25, 0.3) is 0 Å². The molecule has 3 aromatic carbocycles. The third-order valence-electron chi connectivity index (χ3n) is 4.96. The number of ketones is 1. The van der Waals surface area contributed by atoms with Crippen LogP contribution in [0.15, 0.2) is 77.7 Å². The van der Waals surface area contributed by atoms with E-state index in [1.165, 1.54) is 37.4 Å². The van der Waals surface area contributed by atoms with Crippen LogP contribution in [-0.4, -0.2) is 27.3 Å². The molecule has 0 heterocycles. The average molecular weight is 452 g/mol. The fraction of sp³-hybridized carbons (Fsp3) is 0.200. The summed E-state index contributed by atoms with van der Waals surface area (Å²) < 4.78 is 32.7. The van der Waals surface area contributed by atoms with Gasteiger partial charge >= 0.3 is 5.97 Å². The molecule has 0 aliphatic carbocycles. The molecule has 166 valence electrons. The molecule has 0 unspecified atom stereocenters. The number of carbonyl (C=O) groups is 2. The third kappa shape index (κ3) is 5.23. The molecule has 0 aromatic heterocycles. The van der Waals surface area contributed by atoms with Crippen molar-refractivity contribution in [1.82, 2.24) is 0 Å². The molecule has 7 heteroatoms. The van der Waals surface area contributed by atoms with Gasteiger partial charge in [0, 0.05) is 16.8 Å². The van der Waals surface area contributed by atoms with Crippen LogP contribution in [0, 0.1) is 0 Å². The highest BCUT2D eigenvalue weighted by Crippen LogP contribution is 2.24. The number of benzene rings is 3. The summed E-state index contributed by atoms with van der Waals surface area (Å²) in [5.41, 5.74) is 2.33. The van der Waals surface area contributed by atoms with Crippen molar-refractivity contribution in [2.75, 3.05) is 11.8 Å². The summed E-state index contributed by atoms with van der Waals surface area (Å²) in [6.07, 6.45) is 0. The lowest BCUT2D eigenvalue weighted by Crippen LogP contribution is -2.14. The Kier molecular flexibility index (Phi) is 6.50. The standard InChI is InChI=1S/C25H25NO5S/c1-25(2,3)20-13-11-17(12-14-20)23(27)18-7-5-9-21(15-18)26-32(29,30)22-10-6-8-19(16-22)24(28)31-4/h5-16,26H,1-4H3. The smallest absolute Gasteiger partial charge is 0.337 e. The fourth-order valence-electron chi connectivity index (χ4n) is 3.13. The first kappa shape index (κ1) is 23.2. The Labute approximate surface area is 188 Å². The van der Waals surface area contributed by atoms with Gasteiger partial charge in [-0.15, -0.1) is 0 Å². The van der Waals surface area contributed by atoms with Crippen LogP contribution in [0.4, 0.5) is 5.69 Å². The average Bonchev–Trinajstić information content (AvgIpc) is 2.77. The number of hydrogen-bond acceptors (Lipinski definition) is 5. The van der Waals surface area contributed by atoms with Crippen molar-refractivity contribution in [2.24, 2.45) is 0 Å². The Balaban J connectivity index is 1.84. The van der Waals surface area contributed by atoms with Crippen LogP contribution in [0.1, 0.15) is 52.6 Å². The number of esters is 1. The number of nitrogens with one attached hydrogen (secondary N) is 1. The van der Waals surface area contributed by atoms with Crippen molar-refractivity contribution in [3.05, 3.63) is 95.1 Å². The van der Waals surface area contributed by atoms with E-state index in [2.05, 4.69) is 30.2 Å². The molecule has 6 nitrogen and oxygen atoms in total. The van der Waals surface area contributed by atoms with Gasteiger partial charge in [0.05, 0.1) is 17.6 Å². The summed E-state index contributed by atoms with van der Waals surface area (Å²) in [6, 6.07) is 19.2. The van der Waals surface area contributed by atoms with Crippen molar-refractivity contribution in [2.45, 2.75) is 31.1 Å². The van der Waals surface area contributed by atoms with Gasteiger partial charge in [-0.25, -0.2) is 13.2 Å². The minimum Gasteiger partial charge on any atom is -0.465 e. The molecule has 3 aromatic rings. The van der Waals surface area contributed by atoms with Crippen LogP contribution in [0.5, 0.6) is 0 Å². The maximum absolute atomic E-state index is 12.9. The summed E-state index contributed by atoms with van der Waals surface area (Å²) >= 11 is 0. The summed E-state index contributed by atoms with van der Waals surface area (Å²) in [5.74, 6) is -0.841. The molecule has 0 saturated carbocycles. The number of methoxy groups -OCH3 is 1. The molecule has 0 radical (unpaired) electrons. The molecule has 0 spiro atoms. The van der Waals surface area contributed by atoms with Gasteiger partial charge in [-0.05, 0) is 41.3 Å². The Morgan fingerprint density at radius 1 is 0.812 bits per heavy atom. The van der Waals surface area contributed by atoms with Crippen LogP contribution >= 0.6 is 0 Å². The predicted octanol–water partition coefficient (Wildman–Crippen LogP) is 4.80. The van der Waals surface area contributed by atoms with Crippen molar-refractivity contribution in [3.63, 3.8) is 0 Å². The van der Waals surface area contributed by atoms with Gasteiger partial charge in [-0.2, -0.15) is 0 Å². The van der Waals surface area contributed by atoms with Crippen molar-refractivity contribution >= 4 is 27.5 Å². The number of carbonyl (C=O) groups excluding carboxylic acids is 2. The van der Waals surface area contributed by atoms with E-state index in [-0.39, 0.29) is 27.3 Å². The molecule has 0 aliphatic heterocycles. The van der Waals surface area contributed by atoms with E-state index in [0.29, 0.717) is 11.1 Å². The maximum atomic E-state index is 12.9. The predicted molar refractivity (Wildman–Crippen MR) is 124 cm³/mol. The molecule has 0 atom stereocenters. The normalized spacial score (nSPS) is 11.6. The first-order valence-electron chi connectivity index (χ1n) is 9.98. The zero-order chi connectivity index (χ0) is 23.5. The highest BCUT2D eigenvalue weighted by atomic mass is 32.2. The molecule has 0 saturated heterocycles. The van der Waals surface area contributed by atoms with Crippen LogP contribution in [-0.2, 0) is 20.2 Å². The van der Waals surface area contributed by atoms with Gasteiger partial charge in [-0.3, -0.25) is 9.52 Å². The lowest BCUT2D eigenvalue weighted by Gasteiger charge is -2.19.